The number of benzene rings is 1. The van der Waals surface area contributed by atoms with Crippen LogP contribution in [0.4, 0.5) is 11.4 Å². The molecule has 2 N–H and O–H groups in total. The molecule has 4 heteroatoms. The zero-order valence-electron chi connectivity index (χ0n) is 15.3. The van der Waals surface area contributed by atoms with E-state index in [9.17, 15) is 0 Å². The molecule has 2 fully saturated rings. The van der Waals surface area contributed by atoms with E-state index in [2.05, 4.69) is 9.89 Å². The van der Waals surface area contributed by atoms with Crippen molar-refractivity contribution in [3.8, 4) is 0 Å². The molecule has 0 bridgehead atoms. The number of nitrogen functional groups attached to an aromatic ring is 1. The normalized spacial score (nSPS) is 22.5. The summed E-state index contributed by atoms with van der Waals surface area (Å²) in [4.78, 5) is 7.28. The van der Waals surface area contributed by atoms with Gasteiger partial charge in [0.2, 0.25) is 0 Å². The highest BCUT2D eigenvalue weighted by Gasteiger charge is 2.25. The first kappa shape index (κ1) is 18.7. The van der Waals surface area contributed by atoms with Gasteiger partial charge in [0, 0.05) is 12.5 Å². The van der Waals surface area contributed by atoms with Gasteiger partial charge in [-0.1, -0.05) is 55.8 Å². The number of nitrogens with zero attached hydrogens (tertiary/aromatic N) is 2. The molecule has 0 aromatic heterocycles. The van der Waals surface area contributed by atoms with Gasteiger partial charge >= 0.3 is 0 Å². The second-order valence-corrected chi connectivity index (χ2v) is 8.17. The monoisotopic (exact) mass is 361 g/mol. The first-order chi connectivity index (χ1) is 12.2. The van der Waals surface area contributed by atoms with Crippen LogP contribution in [0.25, 0.3) is 0 Å². The summed E-state index contributed by atoms with van der Waals surface area (Å²) in [7, 11) is 0. The van der Waals surface area contributed by atoms with E-state index in [0.717, 1.165) is 18.2 Å². The number of piperidine rings is 1. The summed E-state index contributed by atoms with van der Waals surface area (Å²) in [5.41, 5.74) is 7.44. The van der Waals surface area contributed by atoms with Crippen LogP contribution < -0.4 is 5.73 Å². The van der Waals surface area contributed by atoms with Crippen LogP contribution in [0.1, 0.15) is 64.2 Å². The predicted molar refractivity (Wildman–Crippen MR) is 109 cm³/mol. The molecule has 0 atom stereocenters. The van der Waals surface area contributed by atoms with Gasteiger partial charge in [-0.2, -0.15) is 0 Å². The molecular formula is C21H32ClN3. The maximum Gasteiger partial charge on any atom is 0.107 e. The summed E-state index contributed by atoms with van der Waals surface area (Å²) in [5.74, 6) is 0.658. The van der Waals surface area contributed by atoms with Gasteiger partial charge in [0.25, 0.3) is 0 Å². The summed E-state index contributed by atoms with van der Waals surface area (Å²) >= 11 is 6.43. The van der Waals surface area contributed by atoms with Gasteiger partial charge in [0.15, 0.2) is 0 Å². The van der Waals surface area contributed by atoms with Gasteiger partial charge in [-0.25, -0.2) is 4.99 Å². The maximum absolute atomic E-state index is 6.43. The Morgan fingerprint density at radius 3 is 2.32 bits per heavy atom. The molecule has 1 saturated heterocycles. The number of hydrogen-bond donors (Lipinski definition) is 1. The standard InChI is InChI=1S/C21H32ClN3/c22-21(24-20-11-7-6-10-19(20)23)16-17-12-14-25(15-13-17)18-8-4-2-1-3-5-9-18/h6-7,10-11,17-18H,1-5,8-9,12-16,23H2/b24-21+. The summed E-state index contributed by atoms with van der Waals surface area (Å²) < 4.78 is 0. The Hall–Kier alpha value is -1.06. The average molecular weight is 362 g/mol. The van der Waals surface area contributed by atoms with Crippen LogP contribution in [-0.4, -0.2) is 29.2 Å². The zero-order chi connectivity index (χ0) is 17.5. The molecule has 0 spiro atoms. The Bertz CT molecular complexity index is 556. The van der Waals surface area contributed by atoms with Crippen LogP contribution in [0.5, 0.6) is 0 Å². The lowest BCUT2D eigenvalue weighted by Crippen LogP contribution is -2.41. The maximum atomic E-state index is 6.43. The minimum absolute atomic E-state index is 0.658. The lowest BCUT2D eigenvalue weighted by Gasteiger charge is -2.38. The Labute approximate surface area is 157 Å². The van der Waals surface area contributed by atoms with Crippen LogP contribution in [0.3, 0.4) is 0 Å². The molecule has 1 aliphatic heterocycles. The Morgan fingerprint density at radius 2 is 1.64 bits per heavy atom. The second-order valence-electron chi connectivity index (χ2n) is 7.73. The van der Waals surface area contributed by atoms with Crippen molar-refractivity contribution in [2.24, 2.45) is 10.9 Å². The van der Waals surface area contributed by atoms with Crippen molar-refractivity contribution in [2.45, 2.75) is 70.3 Å². The number of para-hydroxylation sites is 2. The van der Waals surface area contributed by atoms with E-state index in [0.29, 0.717) is 16.8 Å². The molecule has 3 rings (SSSR count). The fourth-order valence-corrected chi connectivity index (χ4v) is 4.64. The molecule has 1 aliphatic carbocycles. The molecule has 1 heterocycles. The summed E-state index contributed by atoms with van der Waals surface area (Å²) in [6.07, 6.45) is 13.3. The van der Waals surface area contributed by atoms with E-state index in [-0.39, 0.29) is 0 Å². The third kappa shape index (κ3) is 5.72. The summed E-state index contributed by atoms with van der Waals surface area (Å²) in [6, 6.07) is 8.50. The van der Waals surface area contributed by atoms with Gasteiger partial charge in [-0.05, 0) is 56.8 Å². The SMILES string of the molecule is Nc1ccccc1/N=C(/Cl)CC1CCN(C2CCCCCCC2)CC1. The second kappa shape index (κ2) is 9.59. The van der Waals surface area contributed by atoms with Gasteiger partial charge in [-0.15, -0.1) is 0 Å². The lowest BCUT2D eigenvalue weighted by molar-refractivity contribution is 0.115. The number of rotatable bonds is 4. The van der Waals surface area contributed by atoms with E-state index < -0.39 is 0 Å². The molecule has 3 nitrogen and oxygen atoms in total. The Morgan fingerprint density at radius 1 is 1.00 bits per heavy atom. The molecule has 0 radical (unpaired) electrons. The highest BCUT2D eigenvalue weighted by atomic mass is 35.5. The van der Waals surface area contributed by atoms with Crippen molar-refractivity contribution in [2.75, 3.05) is 18.8 Å². The van der Waals surface area contributed by atoms with E-state index in [4.69, 9.17) is 17.3 Å². The van der Waals surface area contributed by atoms with Gasteiger partial charge < -0.3 is 10.6 Å². The molecule has 25 heavy (non-hydrogen) atoms. The van der Waals surface area contributed by atoms with Crippen molar-refractivity contribution in [3.05, 3.63) is 24.3 Å². The van der Waals surface area contributed by atoms with Crippen molar-refractivity contribution in [1.29, 1.82) is 0 Å². The number of likely N-dealkylation sites (tertiary alicyclic amines) is 1. The third-order valence-corrected chi connectivity index (χ3v) is 6.11. The van der Waals surface area contributed by atoms with Crippen LogP contribution in [0.2, 0.25) is 0 Å². The number of nitrogens with two attached hydrogens (primary N) is 1. The van der Waals surface area contributed by atoms with E-state index in [1.54, 1.807) is 0 Å². The molecule has 1 saturated carbocycles. The van der Waals surface area contributed by atoms with Crippen LogP contribution in [0, 0.1) is 5.92 Å². The number of aliphatic imine (C=N–C) groups is 1. The van der Waals surface area contributed by atoms with E-state index in [1.165, 1.54) is 70.9 Å². The number of hydrogen-bond acceptors (Lipinski definition) is 3. The molecular weight excluding hydrogens is 330 g/mol. The third-order valence-electron chi connectivity index (χ3n) is 5.88. The Kier molecular flexibility index (Phi) is 7.18. The molecule has 2 aliphatic rings. The van der Waals surface area contributed by atoms with E-state index in [1.807, 2.05) is 24.3 Å². The first-order valence-corrected chi connectivity index (χ1v) is 10.4. The highest BCUT2D eigenvalue weighted by Crippen LogP contribution is 2.29. The fourth-order valence-electron chi connectivity index (χ4n) is 4.33. The van der Waals surface area contributed by atoms with Crippen molar-refractivity contribution < 1.29 is 0 Å². The van der Waals surface area contributed by atoms with Crippen molar-refractivity contribution >= 4 is 28.1 Å². The van der Waals surface area contributed by atoms with Crippen LogP contribution >= 0.6 is 11.6 Å². The van der Waals surface area contributed by atoms with Gasteiger partial charge in [0.1, 0.15) is 5.17 Å². The fraction of sp³-hybridized carbons (Fsp3) is 0.667. The average Bonchev–Trinajstić information content (AvgIpc) is 2.58. The highest BCUT2D eigenvalue weighted by molar-refractivity contribution is 6.65. The molecule has 138 valence electrons. The van der Waals surface area contributed by atoms with Crippen molar-refractivity contribution in [1.82, 2.24) is 4.90 Å². The predicted octanol–water partition coefficient (Wildman–Crippen LogP) is 5.75. The van der Waals surface area contributed by atoms with Crippen LogP contribution in [0.15, 0.2) is 29.3 Å². The molecule has 1 aromatic carbocycles. The van der Waals surface area contributed by atoms with Crippen LogP contribution in [-0.2, 0) is 0 Å². The smallest absolute Gasteiger partial charge is 0.107 e. The van der Waals surface area contributed by atoms with E-state index >= 15 is 0 Å². The number of anilines is 1. The minimum Gasteiger partial charge on any atom is -0.397 e. The molecule has 0 unspecified atom stereocenters. The minimum atomic E-state index is 0.658. The topological polar surface area (TPSA) is 41.6 Å². The Balaban J connectivity index is 1.48. The first-order valence-electron chi connectivity index (χ1n) is 10.0. The zero-order valence-corrected chi connectivity index (χ0v) is 16.1. The largest absolute Gasteiger partial charge is 0.397 e. The summed E-state index contributed by atoms with van der Waals surface area (Å²) in [6.45, 7) is 2.46. The van der Waals surface area contributed by atoms with Crippen molar-refractivity contribution in [3.63, 3.8) is 0 Å². The van der Waals surface area contributed by atoms with Gasteiger partial charge in [-0.3, -0.25) is 0 Å². The lowest BCUT2D eigenvalue weighted by atomic mass is 9.90. The molecule has 0 amide bonds. The summed E-state index contributed by atoms with van der Waals surface area (Å²) in [5, 5.41) is 0.697. The van der Waals surface area contributed by atoms with Gasteiger partial charge in [0.05, 0.1) is 11.4 Å². The number of halogens is 1. The molecule has 1 aromatic rings. The quantitative estimate of drug-likeness (QED) is 0.547.